The normalized spacial score (nSPS) is 17.4. The molecule has 0 spiro atoms. The summed E-state index contributed by atoms with van der Waals surface area (Å²) in [5.41, 5.74) is 0. The summed E-state index contributed by atoms with van der Waals surface area (Å²) >= 11 is -0.667. The summed E-state index contributed by atoms with van der Waals surface area (Å²) in [6, 6.07) is 0. The van der Waals surface area contributed by atoms with Gasteiger partial charge >= 0.3 is 40.8 Å². The van der Waals surface area contributed by atoms with E-state index in [-0.39, 0.29) is 29.6 Å². The van der Waals surface area contributed by atoms with Crippen LogP contribution in [-0.4, -0.2) is 17.3 Å². The van der Waals surface area contributed by atoms with Gasteiger partial charge in [-0.1, -0.05) is 6.42 Å². The molecule has 0 aromatic heterocycles. The molecule has 0 N–H and O–H groups in total. The molecule has 0 aliphatic heterocycles. The van der Waals surface area contributed by atoms with Gasteiger partial charge in [0.2, 0.25) is 0 Å². The molecule has 0 heterocycles. The molecule has 1 aliphatic carbocycles. The van der Waals surface area contributed by atoms with Crippen LogP contribution >= 0.6 is 12.0 Å². The number of hydrogen-bond donors (Lipinski definition) is 0. The van der Waals surface area contributed by atoms with Gasteiger partial charge in [0.05, 0.1) is 0 Å². The molecule has 0 unspecified atom stereocenters. The molecule has 1 saturated carbocycles. The van der Waals surface area contributed by atoms with Crippen molar-refractivity contribution in [3.05, 3.63) is 0 Å². The van der Waals surface area contributed by atoms with Crippen molar-refractivity contribution in [2.24, 2.45) is 0 Å². The third-order valence-electron chi connectivity index (χ3n) is 2.23. The van der Waals surface area contributed by atoms with Crippen molar-refractivity contribution < 1.29 is 62.5 Å². The van der Waals surface area contributed by atoms with E-state index in [2.05, 4.69) is 14.1 Å². The van der Waals surface area contributed by atoms with Crippen molar-refractivity contribution in [2.45, 2.75) is 43.5 Å². The molecule has 1 fully saturated rings. The van der Waals surface area contributed by atoms with Crippen molar-refractivity contribution in [2.75, 3.05) is 0 Å². The number of alkyl halides is 2. The van der Waals surface area contributed by atoms with Crippen molar-refractivity contribution >= 4 is 18.0 Å². The fourth-order valence-electron chi connectivity index (χ4n) is 1.49. The maximum atomic E-state index is 12.9. The fourth-order valence-corrected chi connectivity index (χ4v) is 1.72. The van der Waals surface area contributed by atoms with E-state index >= 15 is 0 Å². The summed E-state index contributed by atoms with van der Waals surface area (Å²) < 4.78 is 33.8. The first kappa shape index (κ1) is 17.6. The van der Waals surface area contributed by atoms with E-state index < -0.39 is 29.4 Å². The Morgan fingerprint density at radius 2 is 1.88 bits per heavy atom. The van der Waals surface area contributed by atoms with E-state index in [4.69, 9.17) is 0 Å². The van der Waals surface area contributed by atoms with Crippen LogP contribution in [0.2, 0.25) is 0 Å². The summed E-state index contributed by atoms with van der Waals surface area (Å²) in [4.78, 5) is 11.0. The molecule has 0 amide bonds. The maximum absolute atomic E-state index is 12.9. The van der Waals surface area contributed by atoms with Crippen LogP contribution in [0.25, 0.3) is 0 Å². The van der Waals surface area contributed by atoms with E-state index in [1.807, 2.05) is 0 Å². The fraction of sp³-hybridized carbons (Fsp3) is 0.875. The zero-order chi connectivity index (χ0) is 12.0. The van der Waals surface area contributed by atoms with Crippen LogP contribution in [-0.2, 0) is 18.9 Å². The van der Waals surface area contributed by atoms with Crippen molar-refractivity contribution in [3.8, 4) is 0 Å². The number of rotatable bonds is 5. The average Bonchev–Trinajstić information content (AvgIpc) is 2.28. The zero-order valence-electron chi connectivity index (χ0n) is 9.32. The summed E-state index contributed by atoms with van der Waals surface area (Å²) in [7, 11) is 0. The Morgan fingerprint density at radius 3 is 2.41 bits per heavy atom. The predicted octanol–water partition coefficient (Wildman–Crippen LogP) is -1.67. The Kier molecular flexibility index (Phi) is 8.91. The Labute approximate surface area is 124 Å². The third-order valence-corrected chi connectivity index (χ3v) is 2.73. The van der Waals surface area contributed by atoms with Gasteiger partial charge in [-0.25, -0.2) is 4.79 Å². The van der Waals surface area contributed by atoms with Crippen molar-refractivity contribution in [3.63, 3.8) is 0 Å². The molecule has 0 bridgehead atoms. The van der Waals surface area contributed by atoms with Gasteiger partial charge in [0, 0.05) is 0 Å². The van der Waals surface area contributed by atoms with Crippen molar-refractivity contribution in [1.29, 1.82) is 0 Å². The Balaban J connectivity index is 0.00000256. The second-order valence-corrected chi connectivity index (χ2v) is 4.22. The number of halogens is 2. The van der Waals surface area contributed by atoms with Crippen LogP contribution in [0.5, 0.6) is 0 Å². The number of carbonyl (C=O) groups excluding carboxylic acids is 1. The number of carbonyl (C=O) groups is 1. The van der Waals surface area contributed by atoms with Gasteiger partial charge in [-0.05, 0) is 25.7 Å². The summed E-state index contributed by atoms with van der Waals surface area (Å²) in [5, 5.41) is 8.17. The summed E-state index contributed by atoms with van der Waals surface area (Å²) in [5.74, 6) is -1.71. The molecule has 5 nitrogen and oxygen atoms in total. The molecule has 94 valence electrons. The Morgan fingerprint density at radius 1 is 1.29 bits per heavy atom. The van der Waals surface area contributed by atoms with Gasteiger partial charge in [-0.3, -0.25) is 5.04 Å². The molecular formula is C8H11F2NaO5S. The first-order chi connectivity index (χ1) is 7.56. The third kappa shape index (κ3) is 6.32. The van der Waals surface area contributed by atoms with E-state index in [9.17, 15) is 18.8 Å². The second kappa shape index (κ2) is 8.63. The summed E-state index contributed by atoms with van der Waals surface area (Å²) in [6.07, 6.45) is 3.44. The van der Waals surface area contributed by atoms with Crippen LogP contribution in [0.4, 0.5) is 8.78 Å². The molecule has 0 saturated heterocycles. The Bertz CT molecular complexity index is 238. The van der Waals surface area contributed by atoms with Crippen LogP contribution in [0.15, 0.2) is 0 Å². The van der Waals surface area contributed by atoms with E-state index in [0.717, 1.165) is 19.3 Å². The van der Waals surface area contributed by atoms with Gasteiger partial charge in [0.15, 0.2) is 0 Å². The molecule has 0 atom stereocenters. The topological polar surface area (TPSA) is 67.8 Å². The number of hydrogen-bond acceptors (Lipinski definition) is 6. The van der Waals surface area contributed by atoms with Gasteiger partial charge in [-0.2, -0.15) is 13.1 Å². The Hall–Kier alpha value is 0.560. The van der Waals surface area contributed by atoms with Gasteiger partial charge < -0.3 is 9.99 Å². The molecule has 1 rings (SSSR count). The quantitative estimate of drug-likeness (QED) is 0.197. The van der Waals surface area contributed by atoms with Crippen molar-refractivity contribution in [1.82, 2.24) is 0 Å². The van der Waals surface area contributed by atoms with Crippen LogP contribution in [0.3, 0.4) is 0 Å². The minimum Gasteiger partial charge on any atom is -0.691 e. The van der Waals surface area contributed by atoms with E-state index in [0.29, 0.717) is 12.8 Å². The zero-order valence-corrected chi connectivity index (χ0v) is 12.1. The number of ether oxygens (including phenoxy) is 1. The smallest absolute Gasteiger partial charge is 0.691 e. The van der Waals surface area contributed by atoms with Crippen LogP contribution < -0.4 is 34.8 Å². The molecule has 9 heteroatoms. The molecule has 0 aromatic carbocycles. The molecule has 1 aliphatic rings. The standard InChI is InChI=1S/C8H12F2O5S.Na/c9-8(10,16-15-14-12)7(11)13-6-4-2-1-3-5-6;/h6,12H,1-5H2;/q;+1/p-1. The van der Waals surface area contributed by atoms with Gasteiger partial charge in [0.1, 0.15) is 18.1 Å². The van der Waals surface area contributed by atoms with E-state index in [1.54, 1.807) is 0 Å². The second-order valence-electron chi connectivity index (χ2n) is 3.40. The van der Waals surface area contributed by atoms with Crippen LogP contribution in [0.1, 0.15) is 32.1 Å². The predicted molar refractivity (Wildman–Crippen MR) is 47.7 cm³/mol. The van der Waals surface area contributed by atoms with Gasteiger partial charge in [-0.15, -0.1) is 0 Å². The minimum atomic E-state index is -3.93. The van der Waals surface area contributed by atoms with E-state index in [1.165, 1.54) is 0 Å². The molecule has 0 radical (unpaired) electrons. The number of esters is 1. The average molecular weight is 280 g/mol. The molecular weight excluding hydrogens is 269 g/mol. The van der Waals surface area contributed by atoms with Crippen LogP contribution in [0, 0.1) is 0 Å². The van der Waals surface area contributed by atoms with Gasteiger partial charge in [0.25, 0.3) is 0 Å². The maximum Gasteiger partial charge on any atom is 1.00 e. The first-order valence-electron chi connectivity index (χ1n) is 4.79. The summed E-state index contributed by atoms with van der Waals surface area (Å²) in [6.45, 7) is 0. The molecule has 0 aromatic rings. The SMILES string of the molecule is O=C(OC1CCCCC1)C(F)(F)SOO[O-].[Na+]. The molecule has 17 heavy (non-hydrogen) atoms. The monoisotopic (exact) mass is 280 g/mol. The first-order valence-corrected chi connectivity index (χ1v) is 5.53. The minimum absolute atomic E-state index is 0. The largest absolute Gasteiger partial charge is 1.00 e.